The van der Waals surface area contributed by atoms with E-state index in [9.17, 15) is 13.6 Å². The second-order valence-corrected chi connectivity index (χ2v) is 6.67. The molecule has 126 valence electrons. The highest BCUT2D eigenvalue weighted by atomic mass is 19.2. The fourth-order valence-corrected chi connectivity index (χ4v) is 2.23. The average molecular weight is 325 g/mol. The lowest BCUT2D eigenvalue weighted by atomic mass is 9.78. The Bertz CT molecular complexity index is 604. The third kappa shape index (κ3) is 3.26. The maximum atomic E-state index is 14.4. The summed E-state index contributed by atoms with van der Waals surface area (Å²) in [7, 11) is -1.01. The Balaban J connectivity index is 2.30. The van der Waals surface area contributed by atoms with Crippen molar-refractivity contribution in [3.8, 4) is 0 Å². The number of benzene rings is 1. The van der Waals surface area contributed by atoms with Crippen molar-refractivity contribution in [3.05, 3.63) is 29.3 Å². The van der Waals surface area contributed by atoms with E-state index in [1.807, 2.05) is 34.6 Å². The van der Waals surface area contributed by atoms with E-state index in [0.29, 0.717) is 13.0 Å². The topological polar surface area (TPSA) is 47.6 Å². The molecule has 0 bridgehead atoms. The highest BCUT2D eigenvalue weighted by Gasteiger charge is 2.52. The quantitative estimate of drug-likeness (QED) is 0.865. The van der Waals surface area contributed by atoms with Crippen LogP contribution in [-0.4, -0.2) is 30.8 Å². The van der Waals surface area contributed by atoms with E-state index >= 15 is 0 Å². The van der Waals surface area contributed by atoms with Gasteiger partial charge in [-0.25, -0.2) is 8.78 Å². The van der Waals surface area contributed by atoms with Crippen LogP contribution in [0.3, 0.4) is 0 Å². The first-order valence-corrected chi connectivity index (χ1v) is 7.72. The Morgan fingerprint density at radius 1 is 1.13 bits per heavy atom. The molecule has 7 heteroatoms. The molecule has 0 radical (unpaired) electrons. The van der Waals surface area contributed by atoms with Crippen molar-refractivity contribution in [3.63, 3.8) is 0 Å². The van der Waals surface area contributed by atoms with Crippen molar-refractivity contribution < 1.29 is 22.9 Å². The van der Waals surface area contributed by atoms with Crippen molar-refractivity contribution in [1.82, 2.24) is 5.32 Å². The minimum absolute atomic E-state index is 0.0480. The van der Waals surface area contributed by atoms with Gasteiger partial charge in [0.25, 0.3) is 5.91 Å². The second-order valence-electron chi connectivity index (χ2n) is 6.67. The van der Waals surface area contributed by atoms with Gasteiger partial charge in [-0.2, -0.15) is 0 Å². The third-order valence-corrected chi connectivity index (χ3v) is 4.40. The van der Waals surface area contributed by atoms with Crippen molar-refractivity contribution in [1.29, 1.82) is 0 Å². The summed E-state index contributed by atoms with van der Waals surface area (Å²) in [5, 5.41) is 2.52. The summed E-state index contributed by atoms with van der Waals surface area (Å²) in [6, 6.07) is 2.59. The summed E-state index contributed by atoms with van der Waals surface area (Å²) in [5.74, 6) is -2.94. The molecule has 1 N–H and O–H groups in total. The van der Waals surface area contributed by atoms with Crippen molar-refractivity contribution in [2.45, 2.75) is 52.2 Å². The van der Waals surface area contributed by atoms with Gasteiger partial charge in [-0.3, -0.25) is 4.79 Å². The number of carbonyl (C=O) groups is 1. The molecule has 1 fully saturated rings. The zero-order chi connectivity index (χ0) is 17.4. The summed E-state index contributed by atoms with van der Waals surface area (Å²) >= 11 is 0. The van der Waals surface area contributed by atoms with Crippen LogP contribution in [0.5, 0.6) is 0 Å². The van der Waals surface area contributed by atoms with Gasteiger partial charge in [0, 0.05) is 12.0 Å². The summed E-state index contributed by atoms with van der Waals surface area (Å²) < 4.78 is 40.1. The molecule has 1 aliphatic heterocycles. The number of rotatable bonds is 4. The van der Waals surface area contributed by atoms with Crippen molar-refractivity contribution in [2.75, 3.05) is 6.54 Å². The molecule has 2 rings (SSSR count). The van der Waals surface area contributed by atoms with E-state index in [4.69, 9.17) is 9.31 Å². The molecule has 1 aliphatic rings. The molecule has 1 saturated heterocycles. The van der Waals surface area contributed by atoms with Crippen LogP contribution in [0.1, 0.15) is 51.4 Å². The van der Waals surface area contributed by atoms with Crippen LogP contribution in [-0.2, 0) is 9.31 Å². The molecule has 1 aromatic rings. The van der Waals surface area contributed by atoms with Gasteiger partial charge in [0.05, 0.1) is 16.8 Å². The Hall–Kier alpha value is -1.47. The predicted molar refractivity (Wildman–Crippen MR) is 84.7 cm³/mol. The first-order chi connectivity index (χ1) is 10.6. The van der Waals surface area contributed by atoms with E-state index in [0.717, 1.165) is 0 Å². The van der Waals surface area contributed by atoms with E-state index < -0.39 is 35.9 Å². The van der Waals surface area contributed by atoms with Gasteiger partial charge in [-0.15, -0.1) is 0 Å². The average Bonchev–Trinajstić information content (AvgIpc) is 2.67. The molecule has 23 heavy (non-hydrogen) atoms. The smallest absolute Gasteiger partial charge is 0.399 e. The fourth-order valence-electron chi connectivity index (χ4n) is 2.23. The largest absolute Gasteiger partial charge is 0.497 e. The molecule has 0 unspecified atom stereocenters. The Morgan fingerprint density at radius 2 is 1.70 bits per heavy atom. The van der Waals surface area contributed by atoms with Gasteiger partial charge in [0.15, 0.2) is 11.6 Å². The number of nitrogens with one attached hydrogen (secondary N) is 1. The van der Waals surface area contributed by atoms with Crippen LogP contribution in [0.25, 0.3) is 0 Å². The maximum Gasteiger partial charge on any atom is 0.497 e. The van der Waals surface area contributed by atoms with E-state index in [-0.39, 0.29) is 11.0 Å². The molecule has 0 saturated carbocycles. The third-order valence-electron chi connectivity index (χ3n) is 4.40. The fraction of sp³-hybridized carbons (Fsp3) is 0.562. The van der Waals surface area contributed by atoms with Gasteiger partial charge < -0.3 is 14.6 Å². The highest BCUT2D eigenvalue weighted by molar-refractivity contribution is 6.62. The molecule has 1 amide bonds. The number of hydrogen-bond acceptors (Lipinski definition) is 3. The van der Waals surface area contributed by atoms with E-state index in [1.54, 1.807) is 0 Å². The maximum absolute atomic E-state index is 14.4. The predicted octanol–water partition coefficient (Wildman–Crippen LogP) is 2.40. The van der Waals surface area contributed by atoms with E-state index in [2.05, 4.69) is 5.32 Å². The van der Waals surface area contributed by atoms with Gasteiger partial charge >= 0.3 is 7.12 Å². The summed E-state index contributed by atoms with van der Waals surface area (Å²) in [4.78, 5) is 11.8. The van der Waals surface area contributed by atoms with E-state index in [1.165, 1.54) is 12.1 Å². The molecular formula is C16H22BF2NO3. The number of hydrogen-bond donors (Lipinski definition) is 1. The van der Waals surface area contributed by atoms with Gasteiger partial charge in [-0.1, -0.05) is 13.0 Å². The highest BCUT2D eigenvalue weighted by Crippen LogP contribution is 2.36. The Kier molecular flexibility index (Phi) is 4.82. The molecule has 0 atom stereocenters. The summed E-state index contributed by atoms with van der Waals surface area (Å²) in [5.41, 5.74) is -1.68. The lowest BCUT2D eigenvalue weighted by Crippen LogP contribution is -2.41. The van der Waals surface area contributed by atoms with Crippen molar-refractivity contribution in [2.24, 2.45) is 0 Å². The van der Waals surface area contributed by atoms with Crippen LogP contribution in [0.15, 0.2) is 12.1 Å². The van der Waals surface area contributed by atoms with Crippen LogP contribution < -0.4 is 10.8 Å². The first-order valence-electron chi connectivity index (χ1n) is 7.72. The molecule has 0 aromatic heterocycles. The molecule has 1 aromatic carbocycles. The number of amides is 1. The summed E-state index contributed by atoms with van der Waals surface area (Å²) in [6.45, 7) is 9.58. The van der Waals surface area contributed by atoms with Gasteiger partial charge in [0.2, 0.25) is 0 Å². The van der Waals surface area contributed by atoms with Crippen molar-refractivity contribution >= 4 is 18.5 Å². The van der Waals surface area contributed by atoms with Crippen LogP contribution in [0.2, 0.25) is 0 Å². The summed E-state index contributed by atoms with van der Waals surface area (Å²) in [6.07, 6.45) is 0.710. The number of halogens is 2. The normalized spacial score (nSPS) is 19.0. The SMILES string of the molecule is CCCNC(=O)c1ccc(B2OC(C)(C)C(C)(C)O2)c(F)c1F. The monoisotopic (exact) mass is 325 g/mol. The Labute approximate surface area is 135 Å². The van der Waals surface area contributed by atoms with Gasteiger partial charge in [0.1, 0.15) is 0 Å². The molecule has 0 spiro atoms. The minimum Gasteiger partial charge on any atom is -0.399 e. The molecule has 1 heterocycles. The second kappa shape index (κ2) is 6.21. The molecule has 4 nitrogen and oxygen atoms in total. The zero-order valence-corrected chi connectivity index (χ0v) is 14.1. The molecule has 0 aliphatic carbocycles. The van der Waals surface area contributed by atoms with Crippen LogP contribution >= 0.6 is 0 Å². The van der Waals surface area contributed by atoms with Gasteiger partial charge in [-0.05, 0) is 40.2 Å². The molecular weight excluding hydrogens is 303 g/mol. The lowest BCUT2D eigenvalue weighted by molar-refractivity contribution is 0.00578. The van der Waals surface area contributed by atoms with Crippen LogP contribution in [0.4, 0.5) is 8.78 Å². The number of carbonyl (C=O) groups excluding carboxylic acids is 1. The Morgan fingerprint density at radius 3 is 2.22 bits per heavy atom. The zero-order valence-electron chi connectivity index (χ0n) is 14.1. The minimum atomic E-state index is -1.19. The first kappa shape index (κ1) is 17.9. The standard InChI is InChI=1S/C16H22BF2NO3/c1-6-9-20-14(21)10-7-8-11(13(19)12(10)18)17-22-15(2,3)16(4,5)23-17/h7-8H,6,9H2,1-5H3,(H,20,21). The lowest BCUT2D eigenvalue weighted by Gasteiger charge is -2.32. The van der Waals surface area contributed by atoms with Crippen LogP contribution in [0, 0.1) is 11.6 Å².